The van der Waals surface area contributed by atoms with Crippen LogP contribution in [0.3, 0.4) is 0 Å². The fourth-order valence-corrected chi connectivity index (χ4v) is 12.3. The average molecular weight is 438 g/mol. The second-order valence-corrected chi connectivity index (χ2v) is 13.6. The number of allylic oxidation sites excluding steroid dienone is 8. The molecule has 0 atom stereocenters. The van der Waals surface area contributed by atoms with Gasteiger partial charge < -0.3 is 0 Å². The van der Waals surface area contributed by atoms with Crippen molar-refractivity contribution in [3.05, 3.63) is 42.1 Å². The summed E-state index contributed by atoms with van der Waals surface area (Å²) >= 11 is -1.72. The maximum Gasteiger partial charge on any atom is -0.147 e. The zero-order valence-corrected chi connectivity index (χ0v) is 15.8. The molecule has 94 valence electrons. The molecule has 0 heterocycles. The van der Waals surface area contributed by atoms with E-state index in [9.17, 15) is 0 Å². The Hall–Kier alpha value is 0.280. The van der Waals surface area contributed by atoms with Crippen LogP contribution in [0.25, 0.3) is 0 Å². The SMILES string of the molecule is C[CH]=[Hf]([C]1=C(C)C=CC1)[C]1=C(C)C=CC1.Cl.Cl. The Labute approximate surface area is 124 Å². The standard InChI is InChI=1S/2C6H7.C2H4.2ClH.Hf/c2*1-6-4-2-3-5-6;1-2;;;/h2*2,4H,3H2,1H3;1H,2H3;2*1H;. The number of hydrogen-bond acceptors (Lipinski definition) is 0. The molecule has 0 fully saturated rings. The molecule has 0 spiro atoms. The van der Waals surface area contributed by atoms with Crippen LogP contribution in [0.1, 0.15) is 33.6 Å². The van der Waals surface area contributed by atoms with E-state index in [0.29, 0.717) is 0 Å². The molecular weight excluding hydrogens is 418 g/mol. The summed E-state index contributed by atoms with van der Waals surface area (Å²) in [6.07, 6.45) is 11.7. The Kier molecular flexibility index (Phi) is 7.78. The molecule has 0 N–H and O–H groups in total. The van der Waals surface area contributed by atoms with Crippen molar-refractivity contribution in [1.29, 1.82) is 0 Å². The third-order valence-electron chi connectivity index (χ3n) is 3.27. The van der Waals surface area contributed by atoms with Gasteiger partial charge in [-0.3, -0.25) is 0 Å². The van der Waals surface area contributed by atoms with Gasteiger partial charge in [-0.15, -0.1) is 24.8 Å². The van der Waals surface area contributed by atoms with Gasteiger partial charge in [0.1, 0.15) is 0 Å². The van der Waals surface area contributed by atoms with Gasteiger partial charge in [0, 0.05) is 0 Å². The summed E-state index contributed by atoms with van der Waals surface area (Å²) < 4.78 is 6.17. The van der Waals surface area contributed by atoms with Crippen LogP contribution in [-0.4, -0.2) is 3.76 Å². The first-order valence-corrected chi connectivity index (χ1v) is 11.3. The average Bonchev–Trinajstić information content (AvgIpc) is 2.80. The molecule has 0 saturated heterocycles. The first-order chi connectivity index (χ1) is 7.24. The summed E-state index contributed by atoms with van der Waals surface area (Å²) in [5.74, 6) is 0. The van der Waals surface area contributed by atoms with E-state index in [-0.39, 0.29) is 24.8 Å². The fraction of sp³-hybridized carbons (Fsp3) is 0.357. The molecule has 0 aliphatic heterocycles. The van der Waals surface area contributed by atoms with Gasteiger partial charge in [0.25, 0.3) is 0 Å². The van der Waals surface area contributed by atoms with Gasteiger partial charge in [0.15, 0.2) is 0 Å². The molecule has 2 aliphatic carbocycles. The summed E-state index contributed by atoms with van der Waals surface area (Å²) in [5, 5.41) is 0. The Morgan fingerprint density at radius 1 is 0.941 bits per heavy atom. The van der Waals surface area contributed by atoms with Crippen LogP contribution >= 0.6 is 24.8 Å². The zero-order chi connectivity index (χ0) is 10.8. The first kappa shape index (κ1) is 17.3. The minimum Gasteiger partial charge on any atom is -0.147 e. The Morgan fingerprint density at radius 2 is 1.35 bits per heavy atom. The van der Waals surface area contributed by atoms with E-state index >= 15 is 0 Å². The zero-order valence-electron chi connectivity index (χ0n) is 10.6. The minimum absolute atomic E-state index is 0. The van der Waals surface area contributed by atoms with Crippen LogP contribution in [-0.2, 0) is 21.0 Å². The van der Waals surface area contributed by atoms with Crippen molar-refractivity contribution < 1.29 is 21.0 Å². The first-order valence-electron chi connectivity index (χ1n) is 5.63. The van der Waals surface area contributed by atoms with Gasteiger partial charge in [-0.25, -0.2) is 0 Å². The molecule has 2 aliphatic rings. The third kappa shape index (κ3) is 3.62. The number of halogens is 2. The van der Waals surface area contributed by atoms with Gasteiger partial charge in [-0.2, -0.15) is 0 Å². The second kappa shape index (κ2) is 7.66. The fourth-order valence-electron chi connectivity index (χ4n) is 2.41. The molecule has 0 saturated carbocycles. The summed E-state index contributed by atoms with van der Waals surface area (Å²) in [7, 11) is 0. The molecule has 0 aromatic carbocycles. The predicted octanol–water partition coefficient (Wildman–Crippen LogP) is 4.74. The van der Waals surface area contributed by atoms with Crippen LogP contribution < -0.4 is 0 Å². The van der Waals surface area contributed by atoms with Crippen molar-refractivity contribution >= 4 is 28.6 Å². The molecule has 0 radical (unpaired) electrons. The Morgan fingerprint density at radius 3 is 1.59 bits per heavy atom. The number of rotatable bonds is 2. The molecule has 0 unspecified atom stereocenters. The smallest absolute Gasteiger partial charge is 0.147 e. The summed E-state index contributed by atoms with van der Waals surface area (Å²) in [6, 6.07) is 0. The van der Waals surface area contributed by atoms with E-state index in [0.717, 1.165) is 0 Å². The molecule has 0 nitrogen and oxygen atoms in total. The van der Waals surface area contributed by atoms with E-state index in [1.54, 1.807) is 17.8 Å². The molecule has 3 heteroatoms. The van der Waals surface area contributed by atoms with Crippen LogP contribution in [0, 0.1) is 0 Å². The maximum atomic E-state index is 2.56. The summed E-state index contributed by atoms with van der Waals surface area (Å²) in [4.78, 5) is 0. The normalized spacial score (nSPS) is 17.1. The Bertz CT molecular complexity index is 399. The Balaban J connectivity index is 0.00000128. The molecule has 2 rings (SSSR count). The van der Waals surface area contributed by atoms with E-state index in [4.69, 9.17) is 0 Å². The minimum atomic E-state index is -1.72. The van der Waals surface area contributed by atoms with Crippen molar-refractivity contribution in [3.8, 4) is 0 Å². The van der Waals surface area contributed by atoms with Gasteiger partial charge in [-0.05, 0) is 0 Å². The van der Waals surface area contributed by atoms with Crippen LogP contribution in [0.5, 0.6) is 0 Å². The van der Waals surface area contributed by atoms with Crippen molar-refractivity contribution in [3.63, 3.8) is 0 Å². The third-order valence-corrected chi connectivity index (χ3v) is 14.3. The van der Waals surface area contributed by atoms with E-state index in [2.05, 4.69) is 48.8 Å². The topological polar surface area (TPSA) is 0 Å². The molecular formula is C14H20Cl2Hf. The van der Waals surface area contributed by atoms with Gasteiger partial charge in [-0.1, -0.05) is 0 Å². The molecule has 0 aromatic rings. The molecule has 17 heavy (non-hydrogen) atoms. The van der Waals surface area contributed by atoms with Crippen LogP contribution in [0.4, 0.5) is 0 Å². The largest absolute Gasteiger partial charge is 0.147 e. The second-order valence-electron chi connectivity index (χ2n) is 4.24. The van der Waals surface area contributed by atoms with Crippen LogP contribution in [0.15, 0.2) is 42.1 Å². The van der Waals surface area contributed by atoms with Gasteiger partial charge in [0.2, 0.25) is 0 Å². The quantitative estimate of drug-likeness (QED) is 0.548. The van der Waals surface area contributed by atoms with Crippen molar-refractivity contribution in [2.24, 2.45) is 0 Å². The van der Waals surface area contributed by atoms with Gasteiger partial charge in [0.05, 0.1) is 0 Å². The summed E-state index contributed by atoms with van der Waals surface area (Å²) in [6.45, 7) is 6.84. The van der Waals surface area contributed by atoms with E-state index < -0.39 is 21.0 Å². The summed E-state index contributed by atoms with van der Waals surface area (Å²) in [5.41, 5.74) is 3.12. The molecule has 0 bridgehead atoms. The van der Waals surface area contributed by atoms with Crippen LogP contribution in [0.2, 0.25) is 0 Å². The number of hydrogen-bond donors (Lipinski definition) is 0. The van der Waals surface area contributed by atoms with E-state index in [1.165, 1.54) is 12.8 Å². The molecule has 0 aromatic heterocycles. The monoisotopic (exact) mass is 438 g/mol. The van der Waals surface area contributed by atoms with Crippen molar-refractivity contribution in [2.75, 3.05) is 0 Å². The maximum absolute atomic E-state index is 2.56. The predicted molar refractivity (Wildman–Crippen MR) is 79.1 cm³/mol. The van der Waals surface area contributed by atoms with Crippen molar-refractivity contribution in [2.45, 2.75) is 33.6 Å². The van der Waals surface area contributed by atoms with Crippen molar-refractivity contribution in [1.82, 2.24) is 0 Å². The van der Waals surface area contributed by atoms with Gasteiger partial charge >= 0.3 is 100 Å². The van der Waals surface area contributed by atoms with E-state index in [1.807, 2.05) is 0 Å². The molecule has 0 amide bonds.